The molecule has 0 aliphatic heterocycles. The van der Waals surface area contributed by atoms with Crippen LogP contribution in [0.25, 0.3) is 0 Å². The van der Waals surface area contributed by atoms with Crippen LogP contribution >= 0.6 is 0 Å². The summed E-state index contributed by atoms with van der Waals surface area (Å²) in [7, 11) is 0. The summed E-state index contributed by atoms with van der Waals surface area (Å²) in [4.78, 5) is 22.7. The zero-order valence-electron chi connectivity index (χ0n) is 9.07. The highest BCUT2D eigenvalue weighted by Crippen LogP contribution is 2.34. The molecule has 1 unspecified atom stereocenters. The minimum absolute atomic E-state index is 0.00843. The van der Waals surface area contributed by atoms with Crippen LogP contribution in [0.1, 0.15) is 32.6 Å². The number of allylic oxidation sites excluding steroid dienone is 1. The van der Waals surface area contributed by atoms with Crippen LogP contribution < -0.4 is 5.11 Å². The third-order valence-corrected chi connectivity index (χ3v) is 3.27. The first-order valence-electron chi connectivity index (χ1n) is 5.48. The first-order chi connectivity index (χ1) is 7.11. The summed E-state index contributed by atoms with van der Waals surface area (Å²) in [5, 5.41) is 10.9. The van der Waals surface area contributed by atoms with Crippen molar-refractivity contribution < 1.29 is 14.7 Å². The average Bonchev–Trinajstić information content (AvgIpc) is 2.21. The van der Waals surface area contributed by atoms with Crippen molar-refractivity contribution in [1.29, 1.82) is 0 Å². The molecular formula is C12H17O3-. The van der Waals surface area contributed by atoms with E-state index in [2.05, 4.69) is 6.58 Å². The van der Waals surface area contributed by atoms with Crippen LogP contribution in [0.3, 0.4) is 0 Å². The molecule has 3 nitrogen and oxygen atoms in total. The van der Waals surface area contributed by atoms with E-state index in [1.54, 1.807) is 13.0 Å². The third-order valence-electron chi connectivity index (χ3n) is 3.27. The highest BCUT2D eigenvalue weighted by Gasteiger charge is 2.35. The molecule has 0 aromatic rings. The molecule has 0 amide bonds. The lowest BCUT2D eigenvalue weighted by Gasteiger charge is -2.34. The van der Waals surface area contributed by atoms with E-state index in [0.29, 0.717) is 12.8 Å². The number of carbonyl (C=O) groups excluding carboxylic acids is 2. The van der Waals surface area contributed by atoms with Crippen LogP contribution in [-0.2, 0) is 9.59 Å². The summed E-state index contributed by atoms with van der Waals surface area (Å²) < 4.78 is 0. The van der Waals surface area contributed by atoms with Gasteiger partial charge in [0.2, 0.25) is 0 Å². The number of hydrogen-bond donors (Lipinski definition) is 0. The fourth-order valence-electron chi connectivity index (χ4n) is 2.45. The van der Waals surface area contributed by atoms with Crippen molar-refractivity contribution in [3.63, 3.8) is 0 Å². The fourth-order valence-corrected chi connectivity index (χ4v) is 2.45. The minimum Gasteiger partial charge on any atom is -0.550 e. The third kappa shape index (κ3) is 2.46. The van der Waals surface area contributed by atoms with Crippen LogP contribution in [0.2, 0.25) is 0 Å². The van der Waals surface area contributed by atoms with E-state index < -0.39 is 17.8 Å². The lowest BCUT2D eigenvalue weighted by Crippen LogP contribution is -2.43. The number of aliphatic carboxylic acids is 1. The summed E-state index contributed by atoms with van der Waals surface area (Å²) in [5.74, 6) is -2.10. The van der Waals surface area contributed by atoms with E-state index in [0.717, 1.165) is 12.8 Å². The van der Waals surface area contributed by atoms with Gasteiger partial charge in [0.25, 0.3) is 0 Å². The zero-order valence-corrected chi connectivity index (χ0v) is 9.07. The molecule has 1 saturated carbocycles. The van der Waals surface area contributed by atoms with Gasteiger partial charge in [0.05, 0.1) is 0 Å². The predicted molar refractivity (Wildman–Crippen MR) is 54.8 cm³/mol. The standard InChI is InChI=1S/C12H18O3/c1-3-8-6-5-7-10(13)11(8)9(4-2)12(14)15/h3,8-9,11H,1,4-7H2,2H3,(H,14,15)/p-1/t8-,9?,11+/m1/s1. The number of Topliss-reactive ketones (excluding diaryl/α,β-unsaturated/α-hetero) is 1. The SMILES string of the molecule is C=C[C@@H]1CCCC(=O)[C@@H]1C(CC)C(=O)[O-]. The molecule has 0 radical (unpaired) electrons. The Morgan fingerprint density at radius 3 is 2.87 bits per heavy atom. The molecule has 0 bridgehead atoms. The molecule has 0 spiro atoms. The first kappa shape index (κ1) is 12.0. The zero-order chi connectivity index (χ0) is 11.4. The smallest absolute Gasteiger partial charge is 0.137 e. The predicted octanol–water partition coefficient (Wildman–Crippen LogP) is 0.934. The Morgan fingerprint density at radius 2 is 2.40 bits per heavy atom. The van der Waals surface area contributed by atoms with Crippen molar-refractivity contribution >= 4 is 11.8 Å². The van der Waals surface area contributed by atoms with Gasteiger partial charge in [0.15, 0.2) is 0 Å². The molecule has 0 saturated heterocycles. The van der Waals surface area contributed by atoms with E-state index in [-0.39, 0.29) is 11.7 Å². The van der Waals surface area contributed by atoms with Gasteiger partial charge in [-0.25, -0.2) is 0 Å². The molecule has 15 heavy (non-hydrogen) atoms. The maximum absolute atomic E-state index is 11.7. The van der Waals surface area contributed by atoms with Crippen molar-refractivity contribution in [2.24, 2.45) is 17.8 Å². The Bertz CT molecular complexity index is 270. The van der Waals surface area contributed by atoms with Crippen LogP contribution in [0.15, 0.2) is 12.7 Å². The second kappa shape index (κ2) is 5.10. The lowest BCUT2D eigenvalue weighted by molar-refractivity contribution is -0.313. The largest absolute Gasteiger partial charge is 0.550 e. The van der Waals surface area contributed by atoms with E-state index in [9.17, 15) is 14.7 Å². The summed E-state index contributed by atoms with van der Waals surface area (Å²) in [5.41, 5.74) is 0. The molecule has 0 aromatic heterocycles. The number of carboxylic acids is 1. The molecule has 3 heteroatoms. The first-order valence-corrected chi connectivity index (χ1v) is 5.48. The molecule has 3 atom stereocenters. The molecular weight excluding hydrogens is 192 g/mol. The minimum atomic E-state index is -1.11. The molecule has 0 heterocycles. The second-order valence-electron chi connectivity index (χ2n) is 4.12. The van der Waals surface area contributed by atoms with Crippen LogP contribution in [0.5, 0.6) is 0 Å². The highest BCUT2D eigenvalue weighted by molar-refractivity contribution is 5.86. The molecule has 84 valence electrons. The number of carbonyl (C=O) groups is 2. The van der Waals surface area contributed by atoms with E-state index in [1.807, 2.05) is 0 Å². The number of ketones is 1. The van der Waals surface area contributed by atoms with E-state index >= 15 is 0 Å². The molecule has 1 fully saturated rings. The van der Waals surface area contributed by atoms with Crippen molar-refractivity contribution in [2.75, 3.05) is 0 Å². The maximum Gasteiger partial charge on any atom is 0.137 e. The van der Waals surface area contributed by atoms with Crippen molar-refractivity contribution in [1.82, 2.24) is 0 Å². The Labute approximate surface area is 90.2 Å². The maximum atomic E-state index is 11.7. The van der Waals surface area contributed by atoms with Crippen molar-refractivity contribution in [2.45, 2.75) is 32.6 Å². The van der Waals surface area contributed by atoms with Crippen molar-refractivity contribution in [3.8, 4) is 0 Å². The van der Waals surface area contributed by atoms with Crippen LogP contribution in [0.4, 0.5) is 0 Å². The van der Waals surface area contributed by atoms with Gasteiger partial charge in [-0.1, -0.05) is 13.0 Å². The quantitative estimate of drug-likeness (QED) is 0.647. The van der Waals surface area contributed by atoms with Gasteiger partial charge >= 0.3 is 0 Å². The van der Waals surface area contributed by atoms with Gasteiger partial charge in [0, 0.05) is 24.2 Å². The summed E-state index contributed by atoms with van der Waals surface area (Å²) >= 11 is 0. The van der Waals surface area contributed by atoms with Crippen LogP contribution in [-0.4, -0.2) is 11.8 Å². The number of hydrogen-bond acceptors (Lipinski definition) is 3. The fraction of sp³-hybridized carbons (Fsp3) is 0.667. The van der Waals surface area contributed by atoms with Crippen molar-refractivity contribution in [3.05, 3.63) is 12.7 Å². The Balaban J connectivity index is 2.89. The topological polar surface area (TPSA) is 57.2 Å². The molecule has 1 rings (SSSR count). The molecule has 0 aromatic carbocycles. The number of rotatable bonds is 4. The molecule has 1 aliphatic carbocycles. The molecule has 1 aliphatic rings. The Morgan fingerprint density at radius 1 is 1.73 bits per heavy atom. The summed E-state index contributed by atoms with van der Waals surface area (Å²) in [6.07, 6.45) is 4.37. The van der Waals surface area contributed by atoms with E-state index in [1.165, 1.54) is 0 Å². The van der Waals surface area contributed by atoms with Gasteiger partial charge in [-0.2, -0.15) is 0 Å². The summed E-state index contributed by atoms with van der Waals surface area (Å²) in [6.45, 7) is 5.46. The highest BCUT2D eigenvalue weighted by atomic mass is 16.4. The van der Waals surface area contributed by atoms with Gasteiger partial charge in [0.1, 0.15) is 5.78 Å². The van der Waals surface area contributed by atoms with Crippen LogP contribution in [0, 0.1) is 17.8 Å². The van der Waals surface area contributed by atoms with Gasteiger partial charge in [-0.15, -0.1) is 6.58 Å². The van der Waals surface area contributed by atoms with Gasteiger partial charge in [-0.3, -0.25) is 4.79 Å². The second-order valence-corrected chi connectivity index (χ2v) is 4.12. The van der Waals surface area contributed by atoms with E-state index in [4.69, 9.17) is 0 Å². The van der Waals surface area contributed by atoms with Gasteiger partial charge < -0.3 is 9.90 Å². The normalized spacial score (nSPS) is 28.5. The van der Waals surface area contributed by atoms with Gasteiger partial charge in [-0.05, 0) is 25.2 Å². The Hall–Kier alpha value is -1.12. The molecule has 0 N–H and O–H groups in total. The number of carboxylic acid groups (broad SMARTS) is 1. The lowest BCUT2D eigenvalue weighted by atomic mass is 9.71. The average molecular weight is 209 g/mol. The monoisotopic (exact) mass is 209 g/mol. The Kier molecular flexibility index (Phi) is 4.06. The summed E-state index contributed by atoms with van der Waals surface area (Å²) in [6, 6.07) is 0.